The first-order valence-corrected chi connectivity index (χ1v) is 9.32. The Balaban J connectivity index is 2.00. The zero-order chi connectivity index (χ0) is 20.5. The number of carbonyl (C=O) groups is 1. The number of aliphatic hydroxyl groups is 1. The second kappa shape index (κ2) is 7.69. The number of esters is 1. The van der Waals surface area contributed by atoms with Gasteiger partial charge in [0, 0.05) is 5.70 Å². The third-order valence-electron chi connectivity index (χ3n) is 4.35. The molecule has 0 spiro atoms. The third-order valence-corrected chi connectivity index (χ3v) is 4.57. The summed E-state index contributed by atoms with van der Waals surface area (Å²) < 4.78 is 6.80. The smallest absolute Gasteiger partial charge is 0.338 e. The van der Waals surface area contributed by atoms with E-state index in [4.69, 9.17) is 17.0 Å². The number of carbonyl (C=O) groups excluding carboxylic acids is 1. The van der Waals surface area contributed by atoms with Gasteiger partial charge < -0.3 is 20.5 Å². The molecule has 2 heterocycles. The van der Waals surface area contributed by atoms with Crippen LogP contribution in [0.5, 0.6) is 0 Å². The van der Waals surface area contributed by atoms with Gasteiger partial charge in [-0.05, 0) is 57.6 Å². The number of allylic oxidation sites excluding steroid dienone is 1. The Kier molecular flexibility index (Phi) is 5.48. The second-order valence-electron chi connectivity index (χ2n) is 6.99. The minimum absolute atomic E-state index is 0.283. The molecule has 1 unspecified atom stereocenters. The Bertz CT molecular complexity index is 945. The van der Waals surface area contributed by atoms with Crippen molar-refractivity contribution in [1.29, 1.82) is 0 Å². The lowest BCUT2D eigenvalue weighted by molar-refractivity contribution is -0.139. The maximum absolute atomic E-state index is 12.5. The molecular formula is C19H23N5O3S. The first-order valence-electron chi connectivity index (χ1n) is 8.91. The zero-order valence-electron chi connectivity index (χ0n) is 16.2. The monoisotopic (exact) mass is 401 g/mol. The van der Waals surface area contributed by atoms with Crippen LogP contribution in [0.4, 0.5) is 0 Å². The largest absolute Gasteiger partial charge is 0.463 e. The molecule has 2 aromatic rings. The van der Waals surface area contributed by atoms with Crippen molar-refractivity contribution in [2.75, 3.05) is 6.61 Å². The quantitative estimate of drug-likeness (QED) is 0.515. The summed E-state index contributed by atoms with van der Waals surface area (Å²) >= 11 is 5.27. The third kappa shape index (κ3) is 4.05. The summed E-state index contributed by atoms with van der Waals surface area (Å²) in [4.78, 5) is 12.5. The van der Waals surface area contributed by atoms with Crippen LogP contribution >= 0.6 is 12.2 Å². The molecule has 8 nitrogen and oxygen atoms in total. The lowest BCUT2D eigenvalue weighted by Gasteiger charge is -2.30. The number of hydrogen-bond acceptors (Lipinski definition) is 6. The second-order valence-corrected chi connectivity index (χ2v) is 7.40. The van der Waals surface area contributed by atoms with Gasteiger partial charge in [0.15, 0.2) is 5.11 Å². The summed E-state index contributed by atoms with van der Waals surface area (Å²) in [6.07, 6.45) is 1.67. The maximum atomic E-state index is 12.5. The van der Waals surface area contributed by atoms with E-state index in [0.717, 1.165) is 11.3 Å². The van der Waals surface area contributed by atoms with Crippen LogP contribution < -0.4 is 10.6 Å². The number of thiocarbonyl (C=S) groups is 1. The number of hydrogen-bond donors (Lipinski definition) is 3. The van der Waals surface area contributed by atoms with Crippen molar-refractivity contribution in [2.45, 2.75) is 39.3 Å². The molecule has 1 aromatic carbocycles. The highest BCUT2D eigenvalue weighted by Gasteiger charge is 2.31. The van der Waals surface area contributed by atoms with Crippen molar-refractivity contribution in [3.63, 3.8) is 0 Å². The summed E-state index contributed by atoms with van der Waals surface area (Å²) in [5.41, 5.74) is 2.07. The van der Waals surface area contributed by atoms with E-state index in [1.54, 1.807) is 38.6 Å². The highest BCUT2D eigenvalue weighted by atomic mass is 32.1. The zero-order valence-corrected chi connectivity index (χ0v) is 17.0. The van der Waals surface area contributed by atoms with Gasteiger partial charge >= 0.3 is 5.97 Å². The highest BCUT2D eigenvalue weighted by molar-refractivity contribution is 7.80. The predicted octanol–water partition coefficient (Wildman–Crippen LogP) is 1.85. The normalized spacial score (nSPS) is 17.2. The fourth-order valence-electron chi connectivity index (χ4n) is 2.94. The average molecular weight is 401 g/mol. The Morgan fingerprint density at radius 3 is 2.82 bits per heavy atom. The van der Waals surface area contributed by atoms with Crippen molar-refractivity contribution < 1.29 is 14.6 Å². The molecule has 0 saturated carbocycles. The van der Waals surface area contributed by atoms with Crippen LogP contribution in [-0.4, -0.2) is 37.8 Å². The highest BCUT2D eigenvalue weighted by Crippen LogP contribution is 2.29. The van der Waals surface area contributed by atoms with Gasteiger partial charge in [0.05, 0.1) is 30.1 Å². The number of aromatic nitrogens is 3. The molecule has 28 heavy (non-hydrogen) atoms. The Morgan fingerprint density at radius 1 is 1.43 bits per heavy atom. The molecule has 3 rings (SSSR count). The van der Waals surface area contributed by atoms with Crippen LogP contribution in [0.1, 0.15) is 45.0 Å². The molecule has 0 saturated heterocycles. The number of benzene rings is 1. The van der Waals surface area contributed by atoms with Crippen molar-refractivity contribution in [3.8, 4) is 5.69 Å². The molecule has 3 N–H and O–H groups in total. The molecule has 148 valence electrons. The van der Waals surface area contributed by atoms with Gasteiger partial charge in [-0.2, -0.15) is 0 Å². The Labute approximate surface area is 168 Å². The molecule has 0 fully saturated rings. The molecular weight excluding hydrogens is 378 g/mol. The van der Waals surface area contributed by atoms with Crippen molar-refractivity contribution >= 4 is 23.3 Å². The molecule has 0 radical (unpaired) electrons. The topological polar surface area (TPSA) is 101 Å². The molecule has 1 aliphatic heterocycles. The van der Waals surface area contributed by atoms with Gasteiger partial charge in [0.25, 0.3) is 0 Å². The van der Waals surface area contributed by atoms with Gasteiger partial charge in [0.2, 0.25) is 0 Å². The fraction of sp³-hybridized carbons (Fsp3) is 0.368. The van der Waals surface area contributed by atoms with Gasteiger partial charge in [-0.25, -0.2) is 9.48 Å². The van der Waals surface area contributed by atoms with E-state index < -0.39 is 17.6 Å². The minimum atomic E-state index is -1.09. The standard InChI is InChI=1S/C19H23N5O3S/c1-5-27-17(25)15-11(2)20-18(28)21-16(15)12-7-6-8-13(9-12)24-10-14(22-23-24)19(3,4)26/h6-10,16,26H,5H2,1-4H3,(H2,20,21,28). The van der Waals surface area contributed by atoms with Crippen molar-refractivity contribution in [2.24, 2.45) is 0 Å². The van der Waals surface area contributed by atoms with Crippen molar-refractivity contribution in [1.82, 2.24) is 25.6 Å². The summed E-state index contributed by atoms with van der Waals surface area (Å²) in [7, 11) is 0. The molecule has 9 heteroatoms. The van der Waals surface area contributed by atoms with Gasteiger partial charge in [0.1, 0.15) is 11.3 Å². The number of ether oxygens (including phenoxy) is 1. The SMILES string of the molecule is CCOC(=O)C1=C(C)NC(=S)NC1c1cccc(-n2cc(C(C)(C)O)nn2)c1. The Hall–Kier alpha value is -2.78. The molecule has 1 atom stereocenters. The van der Waals surface area contributed by atoms with Gasteiger partial charge in [-0.3, -0.25) is 0 Å². The van der Waals surface area contributed by atoms with Crippen LogP contribution in [0.25, 0.3) is 5.69 Å². The molecule has 1 aromatic heterocycles. The number of nitrogens with one attached hydrogen (secondary N) is 2. The van der Waals surface area contributed by atoms with Gasteiger partial charge in [-0.15, -0.1) is 5.10 Å². The van der Waals surface area contributed by atoms with Crippen LogP contribution in [-0.2, 0) is 15.1 Å². The van der Waals surface area contributed by atoms with Crippen LogP contribution in [0.2, 0.25) is 0 Å². The molecule has 0 aliphatic carbocycles. The van der Waals surface area contributed by atoms with Gasteiger partial charge in [-0.1, -0.05) is 17.3 Å². The lowest BCUT2D eigenvalue weighted by Crippen LogP contribution is -2.45. The van der Waals surface area contributed by atoms with E-state index in [1.165, 1.54) is 0 Å². The average Bonchev–Trinajstić information content (AvgIpc) is 3.12. The van der Waals surface area contributed by atoms with E-state index >= 15 is 0 Å². The first-order chi connectivity index (χ1) is 13.2. The first kappa shape index (κ1) is 20.0. The van der Waals surface area contributed by atoms with E-state index in [1.807, 2.05) is 24.3 Å². The molecule has 0 bridgehead atoms. The van der Waals surface area contributed by atoms with E-state index in [-0.39, 0.29) is 6.61 Å². The summed E-state index contributed by atoms with van der Waals surface area (Å²) in [5, 5.41) is 24.8. The number of rotatable bonds is 5. The minimum Gasteiger partial charge on any atom is -0.463 e. The van der Waals surface area contributed by atoms with Crippen LogP contribution in [0.3, 0.4) is 0 Å². The number of nitrogens with zero attached hydrogens (tertiary/aromatic N) is 3. The maximum Gasteiger partial charge on any atom is 0.338 e. The predicted molar refractivity (Wildman–Crippen MR) is 108 cm³/mol. The molecule has 1 aliphatic rings. The van der Waals surface area contributed by atoms with E-state index in [0.29, 0.717) is 22.1 Å². The summed E-state index contributed by atoms with van der Waals surface area (Å²) in [6.45, 7) is 7.14. The van der Waals surface area contributed by atoms with Crippen molar-refractivity contribution in [3.05, 3.63) is 53.0 Å². The van der Waals surface area contributed by atoms with Crippen LogP contribution in [0, 0.1) is 0 Å². The van der Waals surface area contributed by atoms with E-state index in [2.05, 4.69) is 20.9 Å². The summed E-state index contributed by atoms with van der Waals surface area (Å²) in [6, 6.07) is 7.06. The Morgan fingerprint density at radius 2 is 2.18 bits per heavy atom. The lowest BCUT2D eigenvalue weighted by atomic mass is 9.95. The molecule has 0 amide bonds. The van der Waals surface area contributed by atoms with E-state index in [9.17, 15) is 9.90 Å². The van der Waals surface area contributed by atoms with Crippen LogP contribution in [0.15, 0.2) is 41.7 Å². The fourth-order valence-corrected chi connectivity index (χ4v) is 3.21. The summed E-state index contributed by atoms with van der Waals surface area (Å²) in [5.74, 6) is -0.400.